The van der Waals surface area contributed by atoms with Crippen molar-refractivity contribution in [3.63, 3.8) is 0 Å². The van der Waals surface area contributed by atoms with E-state index in [2.05, 4.69) is 14.1 Å². The summed E-state index contributed by atoms with van der Waals surface area (Å²) >= 11 is 0. The van der Waals surface area contributed by atoms with Crippen LogP contribution in [0.2, 0.25) is 0 Å². The Balaban J connectivity index is 2.23. The van der Waals surface area contributed by atoms with Gasteiger partial charge in [0.15, 0.2) is 0 Å². The lowest BCUT2D eigenvalue weighted by atomic mass is 9.82. The Labute approximate surface area is 74.1 Å². The van der Waals surface area contributed by atoms with Gasteiger partial charge >= 0.3 is 0 Å². The summed E-state index contributed by atoms with van der Waals surface area (Å²) in [5, 5.41) is 0. The molecule has 0 N–H and O–H groups in total. The van der Waals surface area contributed by atoms with Gasteiger partial charge in [-0.25, -0.2) is 0 Å². The van der Waals surface area contributed by atoms with Crippen LogP contribution in [0.15, 0.2) is 0 Å². The zero-order chi connectivity index (χ0) is 8.77. The first-order valence-corrected chi connectivity index (χ1v) is 4.96. The quantitative estimate of drug-likeness (QED) is 0.499. The largest absolute Gasteiger partial charge is 0.323 e. The number of hydrogen-bond acceptors (Lipinski definition) is 1. The number of rotatable bonds is 0. The normalized spacial score (nSPS) is 39.7. The first kappa shape index (κ1) is 8.24. The van der Waals surface area contributed by atoms with E-state index >= 15 is 0 Å². The molecule has 2 aliphatic heterocycles. The molecule has 2 fully saturated rings. The monoisotopic (exact) mass is 168 g/mol. The molecule has 0 spiro atoms. The van der Waals surface area contributed by atoms with Gasteiger partial charge in [-0.05, 0) is 6.42 Å². The van der Waals surface area contributed by atoms with Gasteiger partial charge in [0.2, 0.25) is 0 Å². The molecule has 2 bridgehead atoms. The molecule has 0 saturated carbocycles. The van der Waals surface area contributed by atoms with Gasteiger partial charge in [0, 0.05) is 12.8 Å². The summed E-state index contributed by atoms with van der Waals surface area (Å²) in [7, 11) is 4.59. The smallest absolute Gasteiger partial charge is 0.144 e. The molecule has 2 rings (SSSR count). The number of carbonyl (C=O) groups excluding carboxylic acids is 1. The summed E-state index contributed by atoms with van der Waals surface area (Å²) in [6.07, 6.45) is 5.53. The zero-order valence-corrected chi connectivity index (χ0v) is 8.05. The fourth-order valence-corrected chi connectivity index (χ4v) is 2.84. The number of quaternary nitrogens is 1. The lowest BCUT2D eigenvalue weighted by Crippen LogP contribution is -2.62. The van der Waals surface area contributed by atoms with Crippen LogP contribution >= 0.6 is 0 Å². The van der Waals surface area contributed by atoms with Gasteiger partial charge in [-0.1, -0.05) is 0 Å². The third-order valence-corrected chi connectivity index (χ3v) is 3.88. The molecule has 2 saturated heterocycles. The first-order chi connectivity index (χ1) is 5.60. The highest BCUT2D eigenvalue weighted by Gasteiger charge is 2.45. The van der Waals surface area contributed by atoms with E-state index in [-0.39, 0.29) is 0 Å². The van der Waals surface area contributed by atoms with Crippen molar-refractivity contribution in [1.82, 2.24) is 0 Å². The fourth-order valence-electron chi connectivity index (χ4n) is 2.84. The summed E-state index contributed by atoms with van der Waals surface area (Å²) in [6.45, 7) is 0. The second-order valence-electron chi connectivity index (χ2n) is 4.81. The number of hydrogen-bond donors (Lipinski definition) is 0. The van der Waals surface area contributed by atoms with Gasteiger partial charge in [0.25, 0.3) is 0 Å². The van der Waals surface area contributed by atoms with E-state index in [0.717, 1.165) is 17.3 Å². The van der Waals surface area contributed by atoms with E-state index in [4.69, 9.17) is 0 Å². The van der Waals surface area contributed by atoms with Crippen molar-refractivity contribution in [2.45, 2.75) is 44.2 Å². The lowest BCUT2D eigenvalue weighted by molar-refractivity contribution is -0.945. The molecule has 2 unspecified atom stereocenters. The second kappa shape index (κ2) is 2.56. The van der Waals surface area contributed by atoms with Gasteiger partial charge < -0.3 is 4.48 Å². The maximum atomic E-state index is 11.4. The highest BCUT2D eigenvalue weighted by atomic mass is 16.1. The van der Waals surface area contributed by atoms with Gasteiger partial charge in [-0.2, -0.15) is 0 Å². The Morgan fingerprint density at radius 3 is 2.17 bits per heavy atom. The van der Waals surface area contributed by atoms with Gasteiger partial charge in [-0.3, -0.25) is 4.79 Å². The van der Waals surface area contributed by atoms with Gasteiger partial charge in [-0.15, -0.1) is 0 Å². The van der Waals surface area contributed by atoms with Crippen LogP contribution in [-0.4, -0.2) is 36.4 Å². The van der Waals surface area contributed by atoms with Crippen LogP contribution in [-0.2, 0) is 4.79 Å². The molecule has 2 heterocycles. The molecule has 68 valence electrons. The molecule has 0 aromatic rings. The molecule has 12 heavy (non-hydrogen) atoms. The minimum absolute atomic E-state index is 0.502. The SMILES string of the molecule is C[N+]1(C)C2CCCC1CC(=O)C2. The van der Waals surface area contributed by atoms with E-state index < -0.39 is 0 Å². The van der Waals surface area contributed by atoms with Crippen LogP contribution in [0.5, 0.6) is 0 Å². The lowest BCUT2D eigenvalue weighted by Gasteiger charge is -2.50. The Bertz CT molecular complexity index is 192. The van der Waals surface area contributed by atoms with Crippen molar-refractivity contribution >= 4 is 5.78 Å². The predicted octanol–water partition coefficient (Wildman–Crippen LogP) is 1.35. The van der Waals surface area contributed by atoms with Gasteiger partial charge in [0.1, 0.15) is 5.78 Å². The van der Waals surface area contributed by atoms with Crippen LogP contribution in [0.3, 0.4) is 0 Å². The van der Waals surface area contributed by atoms with E-state index in [1.807, 2.05) is 0 Å². The maximum Gasteiger partial charge on any atom is 0.144 e. The summed E-state index contributed by atoms with van der Waals surface area (Å²) in [5.74, 6) is 0.502. The first-order valence-electron chi connectivity index (χ1n) is 4.96. The zero-order valence-electron chi connectivity index (χ0n) is 8.05. The number of Topliss-reactive ketones (excluding diaryl/α,β-unsaturated/α-hetero) is 1. The van der Waals surface area contributed by atoms with E-state index in [9.17, 15) is 4.79 Å². The average molecular weight is 168 g/mol. The standard InChI is InChI=1S/C10H18NO/c1-11(2)8-4-3-5-9(11)7-10(12)6-8/h8-9H,3-7H2,1-2H3/q+1. The fraction of sp³-hybridized carbons (Fsp3) is 0.900. The summed E-state index contributed by atoms with van der Waals surface area (Å²) in [4.78, 5) is 11.4. The van der Waals surface area contributed by atoms with Crippen molar-refractivity contribution < 1.29 is 9.28 Å². The van der Waals surface area contributed by atoms with E-state index in [0.29, 0.717) is 17.9 Å². The average Bonchev–Trinajstić information content (AvgIpc) is 1.92. The summed E-state index contributed by atoms with van der Waals surface area (Å²) in [6, 6.07) is 1.26. The Morgan fingerprint density at radius 1 is 1.17 bits per heavy atom. The minimum atomic E-state index is 0.502. The van der Waals surface area contributed by atoms with Crippen molar-refractivity contribution in [3.05, 3.63) is 0 Å². The second-order valence-corrected chi connectivity index (χ2v) is 4.81. The van der Waals surface area contributed by atoms with Crippen LogP contribution in [0.25, 0.3) is 0 Å². The topological polar surface area (TPSA) is 17.1 Å². The molecule has 0 amide bonds. The highest BCUT2D eigenvalue weighted by molar-refractivity contribution is 5.80. The molecule has 2 aliphatic rings. The Kier molecular flexibility index (Phi) is 1.76. The molecule has 2 atom stereocenters. The number of carbonyl (C=O) groups is 1. The van der Waals surface area contributed by atoms with Crippen LogP contribution < -0.4 is 0 Å². The molecule has 2 nitrogen and oxygen atoms in total. The number of ketones is 1. The maximum absolute atomic E-state index is 11.4. The number of piperidine rings is 2. The molecule has 0 aromatic heterocycles. The van der Waals surface area contributed by atoms with Crippen molar-refractivity contribution in [2.24, 2.45) is 0 Å². The molecule has 0 radical (unpaired) electrons. The summed E-state index contributed by atoms with van der Waals surface area (Å²) in [5.41, 5.74) is 0. The number of nitrogens with zero attached hydrogens (tertiary/aromatic N) is 1. The molecule has 0 aromatic carbocycles. The minimum Gasteiger partial charge on any atom is -0.323 e. The van der Waals surface area contributed by atoms with Crippen LogP contribution in [0.1, 0.15) is 32.1 Å². The molecular weight excluding hydrogens is 150 g/mol. The van der Waals surface area contributed by atoms with Crippen LogP contribution in [0.4, 0.5) is 0 Å². The summed E-state index contributed by atoms with van der Waals surface area (Å²) < 4.78 is 1.10. The third kappa shape index (κ3) is 1.09. The van der Waals surface area contributed by atoms with Crippen molar-refractivity contribution in [1.29, 1.82) is 0 Å². The number of fused-ring (bicyclic) bond motifs is 2. The van der Waals surface area contributed by atoms with E-state index in [1.165, 1.54) is 19.3 Å². The van der Waals surface area contributed by atoms with Crippen molar-refractivity contribution in [2.75, 3.05) is 14.1 Å². The molecule has 2 heteroatoms. The Hall–Kier alpha value is -0.370. The predicted molar refractivity (Wildman–Crippen MR) is 47.8 cm³/mol. The highest BCUT2D eigenvalue weighted by Crippen LogP contribution is 2.35. The van der Waals surface area contributed by atoms with Crippen molar-refractivity contribution in [3.8, 4) is 0 Å². The van der Waals surface area contributed by atoms with Crippen LogP contribution in [0, 0.1) is 0 Å². The third-order valence-electron chi connectivity index (χ3n) is 3.88. The molecule has 0 aliphatic carbocycles. The Morgan fingerprint density at radius 2 is 1.67 bits per heavy atom. The molecular formula is C10H18NO+. The van der Waals surface area contributed by atoms with E-state index in [1.54, 1.807) is 0 Å². The van der Waals surface area contributed by atoms with Gasteiger partial charge in [0.05, 0.1) is 39.0 Å².